The smallest absolute Gasteiger partial charge is 0.408 e. The molecule has 0 aliphatic rings. The maximum atomic E-state index is 11.9. The van der Waals surface area contributed by atoms with Gasteiger partial charge in [0.25, 0.3) is 0 Å². The van der Waals surface area contributed by atoms with E-state index in [2.05, 4.69) is 10.6 Å². The summed E-state index contributed by atoms with van der Waals surface area (Å²) >= 11 is 0. The summed E-state index contributed by atoms with van der Waals surface area (Å²) < 4.78 is 5.12. The number of amides is 2. The topological polar surface area (TPSA) is 91.2 Å². The number of carbonyl (C=O) groups is 2. The minimum absolute atomic E-state index is 0.0498. The first-order chi connectivity index (χ1) is 8.71. The summed E-state index contributed by atoms with van der Waals surface area (Å²) in [6, 6.07) is 1.13. The first-order valence-electron chi connectivity index (χ1n) is 6.35. The van der Waals surface area contributed by atoms with Crippen molar-refractivity contribution in [2.24, 2.45) is 5.92 Å². The van der Waals surface area contributed by atoms with Crippen molar-refractivity contribution in [3.05, 3.63) is 0 Å². The van der Waals surface area contributed by atoms with E-state index in [0.717, 1.165) is 6.42 Å². The van der Waals surface area contributed by atoms with Crippen LogP contribution in [0.3, 0.4) is 0 Å². The molecule has 19 heavy (non-hydrogen) atoms. The van der Waals surface area contributed by atoms with Crippen molar-refractivity contribution in [2.45, 2.75) is 52.7 Å². The number of rotatable bonds is 5. The highest BCUT2D eigenvalue weighted by molar-refractivity contribution is 5.86. The summed E-state index contributed by atoms with van der Waals surface area (Å²) in [4.78, 5) is 23.6. The number of nitriles is 1. The summed E-state index contributed by atoms with van der Waals surface area (Å²) in [6.45, 7) is 8.95. The van der Waals surface area contributed by atoms with Gasteiger partial charge in [0.2, 0.25) is 5.91 Å². The van der Waals surface area contributed by atoms with Crippen LogP contribution in [0, 0.1) is 17.2 Å². The van der Waals surface area contributed by atoms with E-state index in [4.69, 9.17) is 10.00 Å². The van der Waals surface area contributed by atoms with Crippen LogP contribution in [0.5, 0.6) is 0 Å². The lowest BCUT2D eigenvalue weighted by Gasteiger charge is -2.25. The predicted molar refractivity (Wildman–Crippen MR) is 71.2 cm³/mol. The van der Waals surface area contributed by atoms with Crippen molar-refractivity contribution >= 4 is 12.0 Å². The number of nitrogens with one attached hydrogen (secondary N) is 2. The molecule has 0 saturated carbocycles. The molecule has 0 aromatic carbocycles. The van der Waals surface area contributed by atoms with Crippen molar-refractivity contribution in [1.29, 1.82) is 5.26 Å². The Morgan fingerprint density at radius 3 is 2.37 bits per heavy atom. The molecular weight excluding hydrogens is 246 g/mol. The number of nitrogens with zero attached hydrogens (tertiary/aromatic N) is 1. The van der Waals surface area contributed by atoms with Gasteiger partial charge in [-0.25, -0.2) is 4.79 Å². The van der Waals surface area contributed by atoms with Gasteiger partial charge >= 0.3 is 6.09 Å². The van der Waals surface area contributed by atoms with Gasteiger partial charge in [0.15, 0.2) is 0 Å². The molecule has 2 amide bonds. The monoisotopic (exact) mass is 269 g/mol. The summed E-state index contributed by atoms with van der Waals surface area (Å²) in [5.74, 6) is -0.423. The second kappa shape index (κ2) is 7.62. The maximum absolute atomic E-state index is 11.9. The lowest BCUT2D eigenvalue weighted by atomic mass is 9.98. The van der Waals surface area contributed by atoms with Crippen LogP contribution in [-0.4, -0.2) is 30.2 Å². The van der Waals surface area contributed by atoms with E-state index in [1.165, 1.54) is 0 Å². The maximum Gasteiger partial charge on any atom is 0.408 e. The molecule has 6 nitrogen and oxygen atoms in total. The van der Waals surface area contributed by atoms with E-state index in [9.17, 15) is 9.59 Å². The molecule has 2 atom stereocenters. The molecule has 0 aliphatic carbocycles. The number of ether oxygens (including phenoxy) is 1. The third-order valence-corrected chi connectivity index (χ3v) is 2.51. The standard InChI is InChI=1S/C13H23N3O3/c1-6-9(2)10(11(17)15-8-7-14)16-12(18)19-13(3,4)5/h9-10H,6,8H2,1-5H3,(H,15,17)(H,16,18)/t9?,10-/m0/s1. The first-order valence-corrected chi connectivity index (χ1v) is 6.35. The van der Waals surface area contributed by atoms with Crippen LogP contribution in [0.25, 0.3) is 0 Å². The quantitative estimate of drug-likeness (QED) is 0.741. The van der Waals surface area contributed by atoms with Gasteiger partial charge in [-0.05, 0) is 26.7 Å². The Balaban J connectivity index is 4.65. The van der Waals surface area contributed by atoms with E-state index < -0.39 is 17.7 Å². The fourth-order valence-corrected chi connectivity index (χ4v) is 1.37. The average molecular weight is 269 g/mol. The second-order valence-electron chi connectivity index (χ2n) is 5.39. The normalized spacial score (nSPS) is 13.9. The Labute approximate surface area is 114 Å². The number of hydrogen-bond donors (Lipinski definition) is 2. The van der Waals surface area contributed by atoms with Crippen LogP contribution in [-0.2, 0) is 9.53 Å². The zero-order chi connectivity index (χ0) is 15.1. The fourth-order valence-electron chi connectivity index (χ4n) is 1.37. The molecule has 0 radical (unpaired) electrons. The largest absolute Gasteiger partial charge is 0.444 e. The lowest BCUT2D eigenvalue weighted by Crippen LogP contribution is -2.51. The number of hydrogen-bond acceptors (Lipinski definition) is 4. The van der Waals surface area contributed by atoms with Gasteiger partial charge < -0.3 is 15.4 Å². The fraction of sp³-hybridized carbons (Fsp3) is 0.769. The molecule has 0 spiro atoms. The molecule has 0 saturated heterocycles. The Hall–Kier alpha value is -1.77. The van der Waals surface area contributed by atoms with Crippen molar-refractivity contribution in [1.82, 2.24) is 10.6 Å². The summed E-state index contributed by atoms with van der Waals surface area (Å²) in [7, 11) is 0. The summed E-state index contributed by atoms with van der Waals surface area (Å²) in [6.07, 6.45) is 0.0883. The Morgan fingerprint density at radius 2 is 1.95 bits per heavy atom. The molecule has 0 heterocycles. The highest BCUT2D eigenvalue weighted by atomic mass is 16.6. The molecule has 0 rings (SSSR count). The highest BCUT2D eigenvalue weighted by Gasteiger charge is 2.27. The zero-order valence-electron chi connectivity index (χ0n) is 12.2. The van der Waals surface area contributed by atoms with Crippen LogP contribution in [0.1, 0.15) is 41.0 Å². The molecular formula is C13H23N3O3. The summed E-state index contributed by atoms with van der Waals surface area (Å²) in [5.41, 5.74) is -0.618. The molecule has 0 aromatic heterocycles. The molecule has 0 aliphatic heterocycles. The van der Waals surface area contributed by atoms with Gasteiger partial charge in [0.1, 0.15) is 18.2 Å². The van der Waals surface area contributed by atoms with Crippen LogP contribution >= 0.6 is 0 Å². The molecule has 108 valence electrons. The zero-order valence-corrected chi connectivity index (χ0v) is 12.2. The van der Waals surface area contributed by atoms with Crippen molar-refractivity contribution in [2.75, 3.05) is 6.54 Å². The SMILES string of the molecule is CCC(C)[C@H](NC(=O)OC(C)(C)C)C(=O)NCC#N. The van der Waals surface area contributed by atoms with Gasteiger partial charge in [-0.15, -0.1) is 0 Å². The van der Waals surface area contributed by atoms with Crippen LogP contribution in [0.2, 0.25) is 0 Å². The molecule has 2 N–H and O–H groups in total. The van der Waals surface area contributed by atoms with Crippen LogP contribution in [0.4, 0.5) is 4.79 Å². The van der Waals surface area contributed by atoms with Crippen molar-refractivity contribution in [3.63, 3.8) is 0 Å². The highest BCUT2D eigenvalue weighted by Crippen LogP contribution is 2.11. The minimum Gasteiger partial charge on any atom is -0.444 e. The first kappa shape index (κ1) is 17.2. The molecule has 0 fully saturated rings. The number of carbonyl (C=O) groups excluding carboxylic acids is 2. The van der Waals surface area contributed by atoms with Gasteiger partial charge in [0.05, 0.1) is 6.07 Å². The van der Waals surface area contributed by atoms with Crippen molar-refractivity contribution < 1.29 is 14.3 Å². The third-order valence-electron chi connectivity index (χ3n) is 2.51. The third kappa shape index (κ3) is 7.29. The average Bonchev–Trinajstić information content (AvgIpc) is 2.29. The molecule has 0 aromatic rings. The minimum atomic E-state index is -0.701. The number of alkyl carbamates (subject to hydrolysis) is 1. The lowest BCUT2D eigenvalue weighted by molar-refractivity contribution is -0.124. The van der Waals surface area contributed by atoms with E-state index in [-0.39, 0.29) is 18.4 Å². The Kier molecular flexibility index (Phi) is 6.91. The van der Waals surface area contributed by atoms with Gasteiger partial charge in [-0.1, -0.05) is 20.3 Å². The Morgan fingerprint density at radius 1 is 1.37 bits per heavy atom. The van der Waals surface area contributed by atoms with Gasteiger partial charge in [-0.3, -0.25) is 4.79 Å². The van der Waals surface area contributed by atoms with Crippen molar-refractivity contribution in [3.8, 4) is 6.07 Å². The molecule has 1 unspecified atom stereocenters. The summed E-state index contributed by atoms with van der Waals surface area (Å²) in [5, 5.41) is 13.4. The molecule has 0 bridgehead atoms. The van der Waals surface area contributed by atoms with Crippen LogP contribution < -0.4 is 10.6 Å². The Bertz CT molecular complexity index is 355. The van der Waals surface area contributed by atoms with E-state index in [0.29, 0.717) is 0 Å². The van der Waals surface area contributed by atoms with Gasteiger partial charge in [0, 0.05) is 0 Å². The van der Waals surface area contributed by atoms with E-state index >= 15 is 0 Å². The second-order valence-corrected chi connectivity index (χ2v) is 5.39. The molecule has 6 heteroatoms. The van der Waals surface area contributed by atoms with Crippen LogP contribution in [0.15, 0.2) is 0 Å². The van der Waals surface area contributed by atoms with E-state index in [1.807, 2.05) is 19.9 Å². The van der Waals surface area contributed by atoms with Gasteiger partial charge in [-0.2, -0.15) is 5.26 Å². The predicted octanol–water partition coefficient (Wildman–Crippen LogP) is 1.57. The van der Waals surface area contributed by atoms with E-state index in [1.54, 1.807) is 20.8 Å².